The van der Waals surface area contributed by atoms with Crippen molar-refractivity contribution in [3.05, 3.63) is 53.7 Å². The van der Waals surface area contributed by atoms with Gasteiger partial charge in [-0.2, -0.15) is 13.2 Å². The molecule has 1 aromatic carbocycles. The van der Waals surface area contributed by atoms with Crippen molar-refractivity contribution in [2.45, 2.75) is 25.3 Å². The molecule has 0 aliphatic carbocycles. The average molecular weight is 395 g/mol. The fourth-order valence-corrected chi connectivity index (χ4v) is 3.51. The topological polar surface area (TPSA) is 37.8 Å². The maximum Gasteiger partial charge on any atom is 0.461 e. The maximum absolute atomic E-state index is 12.2. The molecular formula is C18H16F3N3S2. The molecule has 0 amide bonds. The Balaban J connectivity index is 1.71. The molecule has 0 aliphatic rings. The van der Waals surface area contributed by atoms with Crippen molar-refractivity contribution in [3.8, 4) is 21.8 Å². The van der Waals surface area contributed by atoms with Crippen LogP contribution in [-0.2, 0) is 6.42 Å². The van der Waals surface area contributed by atoms with Crippen molar-refractivity contribution in [3.63, 3.8) is 0 Å². The van der Waals surface area contributed by atoms with Crippen LogP contribution in [0.25, 0.3) is 21.8 Å². The van der Waals surface area contributed by atoms with E-state index in [-0.39, 0.29) is 11.9 Å². The van der Waals surface area contributed by atoms with Gasteiger partial charge in [-0.15, -0.1) is 11.3 Å². The van der Waals surface area contributed by atoms with Crippen LogP contribution in [0.1, 0.15) is 19.0 Å². The van der Waals surface area contributed by atoms with Gasteiger partial charge in [-0.1, -0.05) is 25.5 Å². The Bertz CT molecular complexity index is 843. The van der Waals surface area contributed by atoms with Crippen LogP contribution in [-0.4, -0.2) is 15.5 Å². The number of thiazole rings is 1. The van der Waals surface area contributed by atoms with E-state index in [1.807, 2.05) is 23.7 Å². The van der Waals surface area contributed by atoms with E-state index in [9.17, 15) is 13.2 Å². The minimum Gasteiger partial charge on any atom is -0.323 e. The van der Waals surface area contributed by atoms with E-state index in [1.165, 1.54) is 11.3 Å². The summed E-state index contributed by atoms with van der Waals surface area (Å²) in [5.41, 5.74) is -0.261. The van der Waals surface area contributed by atoms with Crippen molar-refractivity contribution in [1.29, 1.82) is 0 Å². The van der Waals surface area contributed by atoms with Gasteiger partial charge in [0.1, 0.15) is 5.01 Å². The van der Waals surface area contributed by atoms with Crippen LogP contribution in [0.15, 0.2) is 48.0 Å². The van der Waals surface area contributed by atoms with Crippen LogP contribution in [0.4, 0.5) is 18.9 Å². The molecule has 3 aromatic rings. The zero-order valence-electron chi connectivity index (χ0n) is 13.9. The Kier molecular flexibility index (Phi) is 5.83. The van der Waals surface area contributed by atoms with Crippen LogP contribution in [0.3, 0.4) is 0 Å². The molecule has 1 N–H and O–H groups in total. The number of hydrogen-bond acceptors (Lipinski definition) is 5. The largest absolute Gasteiger partial charge is 0.461 e. The molecule has 0 spiro atoms. The van der Waals surface area contributed by atoms with Gasteiger partial charge in [0.05, 0.1) is 17.6 Å². The van der Waals surface area contributed by atoms with E-state index in [1.54, 1.807) is 24.3 Å². The number of aryl methyl sites for hydroxylation is 1. The van der Waals surface area contributed by atoms with Gasteiger partial charge in [0.25, 0.3) is 0 Å². The van der Waals surface area contributed by atoms with Crippen molar-refractivity contribution in [2.75, 3.05) is 4.72 Å². The minimum absolute atomic E-state index is 0.276. The second-order valence-electron chi connectivity index (χ2n) is 5.55. The zero-order valence-corrected chi connectivity index (χ0v) is 15.5. The third-order valence-corrected chi connectivity index (χ3v) is 5.01. The number of rotatable bonds is 6. The molecule has 0 unspecified atom stereocenters. The summed E-state index contributed by atoms with van der Waals surface area (Å²) in [4.78, 5) is 9.06. The molecule has 0 aliphatic heterocycles. The van der Waals surface area contributed by atoms with E-state index in [4.69, 9.17) is 0 Å². The average Bonchev–Trinajstić information content (AvgIpc) is 3.11. The predicted octanol–water partition coefficient (Wildman–Crippen LogP) is 6.40. The molecule has 26 heavy (non-hydrogen) atoms. The standard InChI is InChI=1S/C18H16F3N3S2/c1-2-3-14-7-6-13(10-22-14)17-23-16(11-25-17)12-4-8-15(9-5-12)24-26-18(19,20)21/h4-11,24H,2-3H2,1H3. The molecule has 0 fully saturated rings. The summed E-state index contributed by atoms with van der Waals surface area (Å²) in [5.74, 6) is 0. The van der Waals surface area contributed by atoms with Crippen molar-refractivity contribution >= 4 is 29.0 Å². The summed E-state index contributed by atoms with van der Waals surface area (Å²) in [6.07, 6.45) is 3.84. The molecule has 0 bridgehead atoms. The highest BCUT2D eigenvalue weighted by atomic mass is 32.2. The molecule has 0 saturated carbocycles. The normalized spacial score (nSPS) is 11.5. The van der Waals surface area contributed by atoms with Gasteiger partial charge in [-0.3, -0.25) is 4.98 Å². The number of nitrogens with one attached hydrogen (secondary N) is 1. The van der Waals surface area contributed by atoms with Gasteiger partial charge in [-0.05, 0) is 30.7 Å². The van der Waals surface area contributed by atoms with Gasteiger partial charge in [0.2, 0.25) is 0 Å². The fraction of sp³-hybridized carbons (Fsp3) is 0.222. The van der Waals surface area contributed by atoms with Gasteiger partial charge in [0, 0.05) is 34.1 Å². The molecule has 136 valence electrons. The lowest BCUT2D eigenvalue weighted by Crippen LogP contribution is -2.04. The first-order valence-electron chi connectivity index (χ1n) is 7.96. The number of anilines is 1. The van der Waals surface area contributed by atoms with Gasteiger partial charge in [-0.25, -0.2) is 4.98 Å². The molecule has 0 saturated heterocycles. The van der Waals surface area contributed by atoms with Crippen LogP contribution in [0.2, 0.25) is 0 Å². The number of hydrogen-bond donors (Lipinski definition) is 1. The van der Waals surface area contributed by atoms with Crippen LogP contribution < -0.4 is 4.72 Å². The number of halogens is 3. The predicted molar refractivity (Wildman–Crippen MR) is 102 cm³/mol. The van der Waals surface area contributed by atoms with Crippen molar-refractivity contribution < 1.29 is 13.2 Å². The molecule has 0 atom stereocenters. The quantitative estimate of drug-likeness (QED) is 0.490. The summed E-state index contributed by atoms with van der Waals surface area (Å²) in [6, 6.07) is 10.7. The first kappa shape index (κ1) is 18.7. The Labute approximate surface area is 157 Å². The van der Waals surface area contributed by atoms with E-state index >= 15 is 0 Å². The lowest BCUT2D eigenvalue weighted by atomic mass is 10.1. The highest BCUT2D eigenvalue weighted by Crippen LogP contribution is 2.32. The smallest absolute Gasteiger partial charge is 0.323 e. The second kappa shape index (κ2) is 8.09. The van der Waals surface area contributed by atoms with E-state index in [0.717, 1.165) is 40.4 Å². The minimum atomic E-state index is -4.32. The Hall–Kier alpha value is -2.06. The molecule has 3 rings (SSSR count). The number of aromatic nitrogens is 2. The molecule has 2 heterocycles. The molecular weight excluding hydrogens is 379 g/mol. The summed E-state index contributed by atoms with van der Waals surface area (Å²) in [5, 5.41) is 2.80. The maximum atomic E-state index is 12.2. The molecule has 8 heteroatoms. The van der Waals surface area contributed by atoms with E-state index in [2.05, 4.69) is 21.6 Å². The first-order chi connectivity index (χ1) is 12.4. The third kappa shape index (κ3) is 4.98. The van der Waals surface area contributed by atoms with E-state index < -0.39 is 5.51 Å². The lowest BCUT2D eigenvalue weighted by molar-refractivity contribution is -0.0323. The summed E-state index contributed by atoms with van der Waals surface area (Å²) in [7, 11) is 0. The first-order valence-corrected chi connectivity index (χ1v) is 9.66. The highest BCUT2D eigenvalue weighted by Gasteiger charge is 2.28. The van der Waals surface area contributed by atoms with Gasteiger partial charge in [0.15, 0.2) is 0 Å². The Morgan fingerprint density at radius 1 is 1.08 bits per heavy atom. The van der Waals surface area contributed by atoms with Gasteiger partial charge < -0.3 is 4.72 Å². The number of nitrogens with zero attached hydrogens (tertiary/aromatic N) is 2. The highest BCUT2D eigenvalue weighted by molar-refractivity contribution is 8.01. The Morgan fingerprint density at radius 2 is 1.81 bits per heavy atom. The second-order valence-corrected chi connectivity index (χ2v) is 7.28. The third-order valence-electron chi connectivity index (χ3n) is 3.55. The van der Waals surface area contributed by atoms with Crippen molar-refractivity contribution in [2.24, 2.45) is 0 Å². The Morgan fingerprint density at radius 3 is 2.42 bits per heavy atom. The monoisotopic (exact) mass is 395 g/mol. The number of alkyl halides is 3. The summed E-state index contributed by atoms with van der Waals surface area (Å²) in [6.45, 7) is 2.12. The fourth-order valence-electron chi connectivity index (χ4n) is 2.32. The zero-order chi connectivity index (χ0) is 18.6. The summed E-state index contributed by atoms with van der Waals surface area (Å²) < 4.78 is 38.9. The molecule has 2 aromatic heterocycles. The lowest BCUT2D eigenvalue weighted by Gasteiger charge is -2.08. The van der Waals surface area contributed by atoms with E-state index in [0.29, 0.717) is 5.69 Å². The number of pyridine rings is 1. The number of benzene rings is 1. The molecule has 0 radical (unpaired) electrons. The van der Waals surface area contributed by atoms with Crippen LogP contribution in [0, 0.1) is 0 Å². The van der Waals surface area contributed by atoms with Crippen LogP contribution >= 0.6 is 23.3 Å². The SMILES string of the molecule is CCCc1ccc(-c2nc(-c3ccc(NSC(F)(F)F)cc3)cs2)cn1. The molecule has 3 nitrogen and oxygen atoms in total. The van der Waals surface area contributed by atoms with Crippen molar-refractivity contribution in [1.82, 2.24) is 9.97 Å². The van der Waals surface area contributed by atoms with Crippen LogP contribution in [0.5, 0.6) is 0 Å². The summed E-state index contributed by atoms with van der Waals surface area (Å²) >= 11 is 1.24. The van der Waals surface area contributed by atoms with Gasteiger partial charge >= 0.3 is 5.51 Å².